The van der Waals surface area contributed by atoms with Gasteiger partial charge in [0.2, 0.25) is 0 Å². The Morgan fingerprint density at radius 1 is 1.00 bits per heavy atom. The van der Waals surface area contributed by atoms with E-state index in [-0.39, 0.29) is 5.69 Å². The van der Waals surface area contributed by atoms with Crippen LogP contribution >= 0.6 is 0 Å². The molecule has 0 saturated carbocycles. The van der Waals surface area contributed by atoms with Crippen LogP contribution in [0.15, 0.2) is 24.3 Å². The van der Waals surface area contributed by atoms with Gasteiger partial charge in [-0.2, -0.15) is 0 Å². The molecule has 0 aliphatic heterocycles. The van der Waals surface area contributed by atoms with Crippen LogP contribution in [0.5, 0.6) is 0 Å². The summed E-state index contributed by atoms with van der Waals surface area (Å²) in [6.45, 7) is 0. The first kappa shape index (κ1) is 14.6. The zero-order chi connectivity index (χ0) is 15.7. The third kappa shape index (κ3) is 2.73. The Hall–Kier alpha value is -2.77. The highest BCUT2D eigenvalue weighted by Crippen LogP contribution is 2.28. The molecule has 0 atom stereocenters. The van der Waals surface area contributed by atoms with Crippen LogP contribution in [0.25, 0.3) is 0 Å². The lowest BCUT2D eigenvalue weighted by molar-refractivity contribution is 0.0698. The fourth-order valence-corrected chi connectivity index (χ4v) is 1.64. The molecule has 0 heterocycles. The van der Waals surface area contributed by atoms with Crippen molar-refractivity contribution < 1.29 is 27.5 Å². The third-order valence-electron chi connectivity index (χ3n) is 2.67. The molecule has 0 bridgehead atoms. The SMILES string of the molecule is Nc1cc(F)c(Nc2ccc(F)c(F)c2F)cc1C(=O)O. The molecule has 0 radical (unpaired) electrons. The molecule has 21 heavy (non-hydrogen) atoms. The van der Waals surface area contributed by atoms with Crippen LogP contribution in [-0.4, -0.2) is 11.1 Å². The molecule has 2 aromatic rings. The van der Waals surface area contributed by atoms with Crippen LogP contribution < -0.4 is 11.1 Å². The zero-order valence-electron chi connectivity index (χ0n) is 10.3. The van der Waals surface area contributed by atoms with Crippen molar-refractivity contribution in [3.8, 4) is 0 Å². The van der Waals surface area contributed by atoms with E-state index in [0.717, 1.165) is 18.2 Å². The van der Waals surface area contributed by atoms with Crippen molar-refractivity contribution in [2.24, 2.45) is 0 Å². The number of hydrogen-bond acceptors (Lipinski definition) is 3. The van der Waals surface area contributed by atoms with Gasteiger partial charge in [0, 0.05) is 5.69 Å². The number of anilines is 3. The van der Waals surface area contributed by atoms with Crippen molar-refractivity contribution in [2.75, 3.05) is 11.1 Å². The summed E-state index contributed by atoms with van der Waals surface area (Å²) in [7, 11) is 0. The molecule has 4 N–H and O–H groups in total. The molecule has 0 fully saturated rings. The van der Waals surface area contributed by atoms with Gasteiger partial charge in [0.25, 0.3) is 0 Å². The number of hydrogen-bond donors (Lipinski definition) is 3. The van der Waals surface area contributed by atoms with Gasteiger partial charge in [0.1, 0.15) is 5.82 Å². The van der Waals surface area contributed by atoms with Gasteiger partial charge >= 0.3 is 5.97 Å². The number of nitrogens with one attached hydrogen (secondary N) is 1. The molecular weight excluding hydrogens is 292 g/mol. The van der Waals surface area contributed by atoms with E-state index in [1.807, 2.05) is 0 Å². The van der Waals surface area contributed by atoms with Crippen LogP contribution in [0, 0.1) is 23.3 Å². The molecule has 0 aliphatic rings. The lowest BCUT2D eigenvalue weighted by Gasteiger charge is -2.11. The molecule has 0 aromatic heterocycles. The molecule has 0 unspecified atom stereocenters. The second-order valence-electron chi connectivity index (χ2n) is 4.07. The lowest BCUT2D eigenvalue weighted by Crippen LogP contribution is -2.06. The minimum Gasteiger partial charge on any atom is -0.478 e. The number of benzene rings is 2. The van der Waals surface area contributed by atoms with Gasteiger partial charge in [0.15, 0.2) is 17.5 Å². The van der Waals surface area contributed by atoms with E-state index in [1.54, 1.807) is 0 Å². The summed E-state index contributed by atoms with van der Waals surface area (Å²) in [5.41, 5.74) is 3.60. The van der Waals surface area contributed by atoms with E-state index >= 15 is 0 Å². The van der Waals surface area contributed by atoms with Crippen molar-refractivity contribution >= 4 is 23.0 Å². The quantitative estimate of drug-likeness (QED) is 0.462. The molecular formula is C13H8F4N2O2. The number of carbonyl (C=O) groups is 1. The standard InChI is InChI=1S/C13H8F4N2O2/c14-6-1-2-9(12(17)11(6)16)19-10-3-5(13(20)21)8(18)4-7(10)15/h1-4,19H,18H2,(H,20,21). The first-order valence-electron chi connectivity index (χ1n) is 5.54. The molecule has 0 spiro atoms. The third-order valence-corrected chi connectivity index (χ3v) is 2.67. The first-order valence-corrected chi connectivity index (χ1v) is 5.54. The minimum atomic E-state index is -1.73. The van der Waals surface area contributed by atoms with E-state index in [4.69, 9.17) is 10.8 Å². The number of rotatable bonds is 3. The van der Waals surface area contributed by atoms with Crippen LogP contribution in [-0.2, 0) is 0 Å². The van der Waals surface area contributed by atoms with Crippen LogP contribution in [0.4, 0.5) is 34.6 Å². The van der Waals surface area contributed by atoms with Gasteiger partial charge in [0.05, 0.1) is 16.9 Å². The zero-order valence-corrected chi connectivity index (χ0v) is 10.3. The second kappa shape index (κ2) is 5.31. The number of halogens is 4. The smallest absolute Gasteiger partial charge is 0.337 e. The van der Waals surface area contributed by atoms with Crippen LogP contribution in [0.2, 0.25) is 0 Å². The average molecular weight is 300 g/mol. The van der Waals surface area contributed by atoms with Crippen molar-refractivity contribution in [1.29, 1.82) is 0 Å². The normalized spacial score (nSPS) is 10.5. The summed E-state index contributed by atoms with van der Waals surface area (Å²) in [6, 6.07) is 3.05. The fourth-order valence-electron chi connectivity index (χ4n) is 1.64. The van der Waals surface area contributed by atoms with Crippen molar-refractivity contribution in [3.05, 3.63) is 53.1 Å². The number of nitrogen functional groups attached to an aromatic ring is 1. The highest BCUT2D eigenvalue weighted by Gasteiger charge is 2.17. The van der Waals surface area contributed by atoms with Crippen LogP contribution in [0.3, 0.4) is 0 Å². The molecule has 0 aliphatic carbocycles. The van der Waals surface area contributed by atoms with Gasteiger partial charge in [-0.3, -0.25) is 0 Å². The molecule has 2 rings (SSSR count). The number of carboxylic acid groups (broad SMARTS) is 1. The van der Waals surface area contributed by atoms with E-state index < -0.39 is 46.2 Å². The fraction of sp³-hybridized carbons (Fsp3) is 0. The van der Waals surface area contributed by atoms with Crippen molar-refractivity contribution in [3.63, 3.8) is 0 Å². The minimum absolute atomic E-state index is 0.323. The van der Waals surface area contributed by atoms with Gasteiger partial charge in [-0.05, 0) is 24.3 Å². The molecule has 0 saturated heterocycles. The molecule has 110 valence electrons. The van der Waals surface area contributed by atoms with E-state index in [9.17, 15) is 22.4 Å². The Kier molecular flexibility index (Phi) is 3.70. The molecule has 0 amide bonds. The van der Waals surface area contributed by atoms with Gasteiger partial charge < -0.3 is 16.2 Å². The van der Waals surface area contributed by atoms with Crippen molar-refractivity contribution in [2.45, 2.75) is 0 Å². The van der Waals surface area contributed by atoms with Crippen LogP contribution in [0.1, 0.15) is 10.4 Å². The topological polar surface area (TPSA) is 75.3 Å². The van der Waals surface area contributed by atoms with E-state index in [1.165, 1.54) is 0 Å². The summed E-state index contributed by atoms with van der Waals surface area (Å²) in [5, 5.41) is 11.0. The Morgan fingerprint density at radius 2 is 1.67 bits per heavy atom. The molecule has 2 aromatic carbocycles. The summed E-state index contributed by atoms with van der Waals surface area (Å²) in [4.78, 5) is 10.9. The second-order valence-corrected chi connectivity index (χ2v) is 4.07. The van der Waals surface area contributed by atoms with E-state index in [2.05, 4.69) is 5.32 Å². The summed E-state index contributed by atoms with van der Waals surface area (Å²) >= 11 is 0. The summed E-state index contributed by atoms with van der Waals surface area (Å²) < 4.78 is 53.0. The average Bonchev–Trinajstić information content (AvgIpc) is 2.41. The predicted molar refractivity (Wildman–Crippen MR) is 67.4 cm³/mol. The summed E-state index contributed by atoms with van der Waals surface area (Å²) in [5.74, 6) is -7.07. The lowest BCUT2D eigenvalue weighted by atomic mass is 10.1. The van der Waals surface area contributed by atoms with Crippen molar-refractivity contribution in [1.82, 2.24) is 0 Å². The van der Waals surface area contributed by atoms with Gasteiger partial charge in [-0.1, -0.05) is 0 Å². The van der Waals surface area contributed by atoms with E-state index in [0.29, 0.717) is 6.07 Å². The maximum Gasteiger partial charge on any atom is 0.337 e. The van der Waals surface area contributed by atoms with Gasteiger partial charge in [-0.15, -0.1) is 0 Å². The monoisotopic (exact) mass is 300 g/mol. The Labute approximate surface area is 115 Å². The largest absolute Gasteiger partial charge is 0.478 e. The summed E-state index contributed by atoms with van der Waals surface area (Å²) in [6.07, 6.45) is 0. The number of nitrogens with two attached hydrogens (primary N) is 1. The maximum absolute atomic E-state index is 13.7. The number of carboxylic acids is 1. The Morgan fingerprint density at radius 3 is 2.29 bits per heavy atom. The maximum atomic E-state index is 13.7. The van der Waals surface area contributed by atoms with Gasteiger partial charge in [-0.25, -0.2) is 22.4 Å². The Bertz CT molecular complexity index is 735. The number of aromatic carboxylic acids is 1. The molecule has 8 heteroatoms. The first-order chi connectivity index (χ1) is 9.81. The predicted octanol–water partition coefficient (Wildman–Crippen LogP) is 3.27. The highest BCUT2D eigenvalue weighted by atomic mass is 19.2. The Balaban J connectivity index is 2.47. The highest BCUT2D eigenvalue weighted by molar-refractivity contribution is 5.95. The molecule has 4 nitrogen and oxygen atoms in total.